The number of para-hydroxylation sites is 1. The molecule has 1 N–H and O–H groups in total. The van der Waals surface area contributed by atoms with Crippen LogP contribution in [0, 0.1) is 13.8 Å². The summed E-state index contributed by atoms with van der Waals surface area (Å²) in [4.78, 5) is 2.21. The lowest BCUT2D eigenvalue weighted by molar-refractivity contribution is 0.170. The highest BCUT2D eigenvalue weighted by atomic mass is 16.3. The monoisotopic (exact) mass is 269 g/mol. The lowest BCUT2D eigenvalue weighted by atomic mass is 10.0. The molecule has 0 bridgehead atoms. The fourth-order valence-electron chi connectivity index (χ4n) is 2.47. The van der Waals surface area contributed by atoms with E-state index < -0.39 is 6.10 Å². The summed E-state index contributed by atoms with van der Waals surface area (Å²) in [6.07, 6.45) is -0.407. The molecule has 0 fully saturated rings. The van der Waals surface area contributed by atoms with Gasteiger partial charge in [-0.1, -0.05) is 35.9 Å². The van der Waals surface area contributed by atoms with Crippen molar-refractivity contribution in [3.8, 4) is 0 Å². The van der Waals surface area contributed by atoms with Crippen molar-refractivity contribution in [2.45, 2.75) is 39.8 Å². The Balaban J connectivity index is 2.52. The maximum Gasteiger partial charge on any atom is 0.0716 e. The molecule has 0 aromatic heterocycles. The Morgan fingerprint density at radius 2 is 1.60 bits per heavy atom. The summed E-state index contributed by atoms with van der Waals surface area (Å²) in [7, 11) is 0. The van der Waals surface area contributed by atoms with Crippen LogP contribution in [-0.2, 0) is 0 Å². The second-order valence-corrected chi connectivity index (χ2v) is 5.48. The van der Waals surface area contributed by atoms with Crippen LogP contribution >= 0.6 is 0 Å². The number of aryl methyl sites for hydroxylation is 2. The Bertz CT molecular complexity index is 563. The van der Waals surface area contributed by atoms with Gasteiger partial charge in [-0.3, -0.25) is 0 Å². The molecule has 2 atom stereocenters. The number of aliphatic hydroxyl groups is 1. The molecule has 2 aromatic carbocycles. The zero-order valence-electron chi connectivity index (χ0n) is 12.7. The topological polar surface area (TPSA) is 23.5 Å². The molecule has 0 saturated carbocycles. The summed E-state index contributed by atoms with van der Waals surface area (Å²) in [6.45, 7) is 8.11. The third-order valence-corrected chi connectivity index (χ3v) is 3.75. The second kappa shape index (κ2) is 6.10. The van der Waals surface area contributed by atoms with Crippen molar-refractivity contribution in [2.24, 2.45) is 0 Å². The van der Waals surface area contributed by atoms with Crippen LogP contribution in [-0.4, -0.2) is 17.3 Å². The summed E-state index contributed by atoms with van der Waals surface area (Å²) >= 11 is 0. The lowest BCUT2D eigenvalue weighted by Crippen LogP contribution is -2.37. The average Bonchev–Trinajstić information content (AvgIpc) is 2.42. The van der Waals surface area contributed by atoms with Gasteiger partial charge < -0.3 is 10.0 Å². The molecule has 0 spiro atoms. The normalized spacial score (nSPS) is 13.8. The Kier molecular flexibility index (Phi) is 4.46. The van der Waals surface area contributed by atoms with E-state index in [2.05, 4.69) is 56.0 Å². The molecule has 0 aliphatic carbocycles. The number of nitrogens with zero attached hydrogens (tertiary/aromatic N) is 1. The van der Waals surface area contributed by atoms with Gasteiger partial charge in [-0.15, -0.1) is 0 Å². The number of anilines is 2. The standard InChI is InChI=1S/C18H23NO/c1-13-10-11-18(14(2)12-13)19(15(3)16(4)20)17-8-6-5-7-9-17/h5-12,15-16,20H,1-4H3. The van der Waals surface area contributed by atoms with Crippen LogP contribution in [0.5, 0.6) is 0 Å². The number of hydrogen-bond acceptors (Lipinski definition) is 2. The third-order valence-electron chi connectivity index (χ3n) is 3.75. The van der Waals surface area contributed by atoms with Crippen LogP contribution in [0.25, 0.3) is 0 Å². The van der Waals surface area contributed by atoms with Crippen molar-refractivity contribution in [2.75, 3.05) is 4.90 Å². The van der Waals surface area contributed by atoms with Crippen LogP contribution < -0.4 is 4.90 Å². The minimum absolute atomic E-state index is 0.0128. The van der Waals surface area contributed by atoms with Gasteiger partial charge in [0.2, 0.25) is 0 Å². The lowest BCUT2D eigenvalue weighted by Gasteiger charge is -2.34. The first-order valence-corrected chi connectivity index (χ1v) is 7.10. The predicted octanol–water partition coefficient (Wildman–Crippen LogP) is 4.21. The fourth-order valence-corrected chi connectivity index (χ4v) is 2.47. The van der Waals surface area contributed by atoms with Crippen molar-refractivity contribution in [1.82, 2.24) is 0 Å². The summed E-state index contributed by atoms with van der Waals surface area (Å²) < 4.78 is 0. The van der Waals surface area contributed by atoms with Crippen LogP contribution in [0.2, 0.25) is 0 Å². The molecule has 106 valence electrons. The maximum absolute atomic E-state index is 10.0. The molecule has 0 amide bonds. The quantitative estimate of drug-likeness (QED) is 0.898. The number of hydrogen-bond donors (Lipinski definition) is 1. The molecule has 2 heteroatoms. The molecule has 2 nitrogen and oxygen atoms in total. The van der Waals surface area contributed by atoms with Gasteiger partial charge in [0.15, 0.2) is 0 Å². The number of benzene rings is 2. The molecule has 0 heterocycles. The number of rotatable bonds is 4. The molecule has 0 radical (unpaired) electrons. The zero-order chi connectivity index (χ0) is 14.7. The fraction of sp³-hybridized carbons (Fsp3) is 0.333. The molecule has 20 heavy (non-hydrogen) atoms. The van der Waals surface area contributed by atoms with Crippen LogP contribution in [0.15, 0.2) is 48.5 Å². The SMILES string of the molecule is Cc1ccc(N(c2ccccc2)C(C)C(C)O)c(C)c1. The smallest absolute Gasteiger partial charge is 0.0716 e. The van der Waals surface area contributed by atoms with Crippen molar-refractivity contribution in [3.05, 3.63) is 59.7 Å². The van der Waals surface area contributed by atoms with Gasteiger partial charge in [-0.05, 0) is 51.5 Å². The van der Waals surface area contributed by atoms with Crippen LogP contribution in [0.3, 0.4) is 0 Å². The van der Waals surface area contributed by atoms with E-state index in [9.17, 15) is 5.11 Å². The summed E-state index contributed by atoms with van der Waals surface area (Å²) in [5.74, 6) is 0. The molecule has 2 rings (SSSR count). The summed E-state index contributed by atoms with van der Waals surface area (Å²) in [5.41, 5.74) is 4.73. The molecular formula is C18H23NO. The highest BCUT2D eigenvalue weighted by Gasteiger charge is 2.21. The minimum Gasteiger partial charge on any atom is -0.391 e. The molecule has 2 aromatic rings. The highest BCUT2D eigenvalue weighted by molar-refractivity contribution is 5.67. The van der Waals surface area contributed by atoms with E-state index >= 15 is 0 Å². The van der Waals surface area contributed by atoms with E-state index in [0.29, 0.717) is 0 Å². The highest BCUT2D eigenvalue weighted by Crippen LogP contribution is 2.31. The van der Waals surface area contributed by atoms with Crippen molar-refractivity contribution in [1.29, 1.82) is 0 Å². The Morgan fingerprint density at radius 1 is 0.950 bits per heavy atom. The first-order valence-electron chi connectivity index (χ1n) is 7.10. The van der Waals surface area contributed by atoms with E-state index in [4.69, 9.17) is 0 Å². The first-order chi connectivity index (χ1) is 9.50. The largest absolute Gasteiger partial charge is 0.391 e. The molecule has 0 aliphatic rings. The van der Waals surface area contributed by atoms with E-state index in [-0.39, 0.29) is 6.04 Å². The van der Waals surface area contributed by atoms with E-state index in [1.165, 1.54) is 11.1 Å². The Morgan fingerprint density at radius 3 is 2.15 bits per heavy atom. The molecule has 0 aliphatic heterocycles. The van der Waals surface area contributed by atoms with E-state index in [1.54, 1.807) is 0 Å². The van der Waals surface area contributed by atoms with E-state index in [0.717, 1.165) is 11.4 Å². The van der Waals surface area contributed by atoms with Gasteiger partial charge in [0, 0.05) is 11.4 Å². The zero-order valence-corrected chi connectivity index (χ0v) is 12.7. The van der Waals surface area contributed by atoms with Gasteiger partial charge in [0.25, 0.3) is 0 Å². The van der Waals surface area contributed by atoms with Crippen molar-refractivity contribution >= 4 is 11.4 Å². The van der Waals surface area contributed by atoms with Gasteiger partial charge >= 0.3 is 0 Å². The van der Waals surface area contributed by atoms with Crippen LogP contribution in [0.4, 0.5) is 11.4 Å². The Labute approximate surface area is 121 Å². The third kappa shape index (κ3) is 3.02. The van der Waals surface area contributed by atoms with Gasteiger partial charge in [0.05, 0.1) is 12.1 Å². The average molecular weight is 269 g/mol. The van der Waals surface area contributed by atoms with Gasteiger partial charge in [-0.2, -0.15) is 0 Å². The number of aliphatic hydroxyl groups excluding tert-OH is 1. The van der Waals surface area contributed by atoms with Crippen molar-refractivity contribution < 1.29 is 5.11 Å². The maximum atomic E-state index is 10.0. The first kappa shape index (κ1) is 14.6. The molecule has 2 unspecified atom stereocenters. The van der Waals surface area contributed by atoms with Gasteiger partial charge in [0.1, 0.15) is 0 Å². The minimum atomic E-state index is -0.407. The molecule has 0 saturated heterocycles. The second-order valence-electron chi connectivity index (χ2n) is 5.48. The summed E-state index contributed by atoms with van der Waals surface area (Å²) in [5, 5.41) is 10.0. The van der Waals surface area contributed by atoms with Crippen molar-refractivity contribution in [3.63, 3.8) is 0 Å². The summed E-state index contributed by atoms with van der Waals surface area (Å²) in [6, 6.07) is 16.7. The van der Waals surface area contributed by atoms with Gasteiger partial charge in [-0.25, -0.2) is 0 Å². The van der Waals surface area contributed by atoms with Crippen LogP contribution in [0.1, 0.15) is 25.0 Å². The Hall–Kier alpha value is -1.80. The van der Waals surface area contributed by atoms with E-state index in [1.807, 2.05) is 25.1 Å². The predicted molar refractivity (Wildman–Crippen MR) is 85.6 cm³/mol. The molecular weight excluding hydrogens is 246 g/mol.